The van der Waals surface area contributed by atoms with Crippen molar-refractivity contribution in [1.29, 1.82) is 0 Å². The van der Waals surface area contributed by atoms with E-state index >= 15 is 0 Å². The topological polar surface area (TPSA) is 295 Å². The van der Waals surface area contributed by atoms with Gasteiger partial charge in [-0.3, -0.25) is 0 Å². The Labute approximate surface area is 368 Å². The third kappa shape index (κ3) is 11.8. The highest BCUT2D eigenvalue weighted by Gasteiger charge is 2.16. The summed E-state index contributed by atoms with van der Waals surface area (Å²) in [6.07, 6.45) is 10.8. The molecule has 0 spiro atoms. The molecule has 4 aromatic heterocycles. The summed E-state index contributed by atoms with van der Waals surface area (Å²) in [5.74, 6) is -2.72. The second kappa shape index (κ2) is 19.9. The summed E-state index contributed by atoms with van der Waals surface area (Å²) in [6.45, 7) is 0. The molecule has 22 heteroatoms. The van der Waals surface area contributed by atoms with Gasteiger partial charge in [0.2, 0.25) is 23.8 Å². The van der Waals surface area contributed by atoms with Crippen molar-refractivity contribution in [2.75, 3.05) is 21.3 Å². The highest BCUT2D eigenvalue weighted by Crippen LogP contribution is 2.22. The zero-order chi connectivity index (χ0) is 45.3. The van der Waals surface area contributed by atoms with Gasteiger partial charge in [0.1, 0.15) is 24.8 Å². The van der Waals surface area contributed by atoms with E-state index in [4.69, 9.17) is 15.3 Å². The lowest BCUT2D eigenvalue weighted by molar-refractivity contribution is -0.670. The molecule has 7 N–H and O–H groups in total. The number of imidazole rings is 2. The number of benzene rings is 4. The second-order valence-electron chi connectivity index (χ2n) is 13.6. The van der Waals surface area contributed by atoms with Gasteiger partial charge < -0.3 is 53.9 Å². The molecule has 0 bridgehead atoms. The number of rotatable bonds is 14. The normalized spacial score (nSPS) is 10.4. The molecule has 0 unspecified atom stereocenters. The fourth-order valence-electron chi connectivity index (χ4n) is 5.62. The maximum Gasteiger partial charge on any atom is 0.335 e. The van der Waals surface area contributed by atoms with Crippen LogP contribution in [-0.4, -0.2) is 78.2 Å². The Balaban J connectivity index is 0.000000212. The number of aromatic carboxylic acids is 4. The summed E-state index contributed by atoms with van der Waals surface area (Å²) in [5, 5.41) is 50.3. The molecule has 0 radical (unpaired) electrons. The van der Waals surface area contributed by atoms with Crippen LogP contribution in [0, 0.1) is 7.43 Å². The first kappa shape index (κ1) is 44.9. The lowest BCUT2D eigenvalue weighted by Gasteiger charge is -2.10. The summed E-state index contributed by atoms with van der Waals surface area (Å²) in [7, 11) is 3.73. The zero-order valence-electron chi connectivity index (χ0n) is 34.6. The fraction of sp³-hybridized carbons (Fsp3) is 0.0465. The SMILES string of the molecule is C[n+]1ccn(-c2nc(Nc3ccc(C(=O)O)cc3)nc(Nc3ccc(C(=O)O)cc3)n2)c1.C[n+]1ccn(-c2nc(Nc3ccc(C(=O)[O-])cc3)nc(Nc3ccc(C(=O)O)cc3)n2)c1.[CH3-]. The first-order valence-electron chi connectivity index (χ1n) is 18.7. The van der Waals surface area contributed by atoms with E-state index in [9.17, 15) is 24.3 Å². The maximum absolute atomic E-state index is 11.1. The van der Waals surface area contributed by atoms with E-state index in [1.165, 1.54) is 48.5 Å². The number of carboxylic acid groups (broad SMARTS) is 4. The minimum Gasteiger partial charge on any atom is -0.545 e. The highest BCUT2D eigenvalue weighted by molar-refractivity contribution is 5.89. The number of anilines is 8. The number of nitrogens with one attached hydrogen (secondary N) is 4. The summed E-state index contributed by atoms with van der Waals surface area (Å²) in [6, 6.07) is 24.5. The van der Waals surface area contributed by atoms with Crippen molar-refractivity contribution in [1.82, 2.24) is 39.0 Å². The van der Waals surface area contributed by atoms with Gasteiger partial charge in [0, 0.05) is 22.7 Å². The Kier molecular flexibility index (Phi) is 13.7. The van der Waals surface area contributed by atoms with Crippen LogP contribution in [-0.2, 0) is 14.1 Å². The molecule has 0 saturated heterocycles. The van der Waals surface area contributed by atoms with Crippen molar-refractivity contribution >= 4 is 70.4 Å². The van der Waals surface area contributed by atoms with Crippen molar-refractivity contribution in [3.63, 3.8) is 0 Å². The maximum atomic E-state index is 11.1. The van der Waals surface area contributed by atoms with E-state index in [0.29, 0.717) is 34.6 Å². The van der Waals surface area contributed by atoms with Crippen molar-refractivity contribution in [2.24, 2.45) is 14.1 Å². The lowest BCUT2D eigenvalue weighted by atomic mass is 10.2. The third-order valence-electron chi connectivity index (χ3n) is 8.79. The number of carbonyl (C=O) groups excluding carboxylic acids is 1. The molecule has 4 heterocycles. The number of hydrogen-bond donors (Lipinski definition) is 7. The standard InChI is InChI=1S/2C21H17N7O4.CH3/c2*1-27-10-11-28(12-27)21-25-19(22-15-6-2-13(3-7-15)17(29)30)24-20(26-21)23-16-8-4-14(5-9-16)18(31)32;/h2*2-12H,1H3,(H3-,22,23,24,25,26,29,30,31,32);1H3/q;;-1/p+1. The Morgan fingerprint density at radius 2 is 0.723 bits per heavy atom. The molecule has 0 saturated carbocycles. The van der Waals surface area contributed by atoms with Gasteiger partial charge in [-0.2, -0.15) is 39.0 Å². The van der Waals surface area contributed by atoms with Gasteiger partial charge in [0.05, 0.1) is 36.8 Å². The average molecular weight is 879 g/mol. The summed E-state index contributed by atoms with van der Waals surface area (Å²) >= 11 is 0. The third-order valence-corrected chi connectivity index (χ3v) is 8.79. The van der Waals surface area contributed by atoms with E-state index in [1.807, 2.05) is 35.6 Å². The van der Waals surface area contributed by atoms with Crippen LogP contribution in [0.3, 0.4) is 0 Å². The molecule has 0 aliphatic heterocycles. The van der Waals surface area contributed by atoms with Crippen LogP contribution < -0.4 is 35.5 Å². The predicted molar refractivity (Wildman–Crippen MR) is 231 cm³/mol. The quantitative estimate of drug-likeness (QED) is 0.0603. The number of hydrogen-bond acceptors (Lipinski definition) is 15. The highest BCUT2D eigenvalue weighted by atomic mass is 16.4. The van der Waals surface area contributed by atoms with Crippen LogP contribution in [0.1, 0.15) is 41.4 Å². The van der Waals surface area contributed by atoms with Crippen LogP contribution in [0.5, 0.6) is 0 Å². The first-order chi connectivity index (χ1) is 30.7. The number of carbonyl (C=O) groups is 4. The van der Waals surface area contributed by atoms with Crippen molar-refractivity contribution < 1.29 is 48.7 Å². The second-order valence-corrected chi connectivity index (χ2v) is 13.6. The number of nitrogens with zero attached hydrogens (tertiary/aromatic N) is 10. The molecule has 0 fully saturated rings. The Morgan fingerprint density at radius 1 is 0.462 bits per heavy atom. The van der Waals surface area contributed by atoms with Gasteiger partial charge in [-0.25, -0.2) is 23.5 Å². The number of aromatic nitrogens is 10. The van der Waals surface area contributed by atoms with Gasteiger partial charge in [0.15, 0.2) is 0 Å². The van der Waals surface area contributed by atoms with Crippen LogP contribution in [0.15, 0.2) is 135 Å². The Morgan fingerprint density at radius 3 is 0.938 bits per heavy atom. The molecule has 8 rings (SSSR count). The largest absolute Gasteiger partial charge is 0.545 e. The van der Waals surface area contributed by atoms with Crippen molar-refractivity contribution in [3.05, 3.63) is 164 Å². The summed E-state index contributed by atoms with van der Waals surface area (Å²) in [4.78, 5) is 70.5. The Hall–Kier alpha value is -9.60. The minimum atomic E-state index is -1.26. The van der Waals surface area contributed by atoms with Crippen LogP contribution in [0.2, 0.25) is 0 Å². The molecule has 0 atom stereocenters. The molecule has 0 aliphatic rings. The first-order valence-corrected chi connectivity index (χ1v) is 18.7. The van der Waals surface area contributed by atoms with Crippen molar-refractivity contribution in [2.45, 2.75) is 0 Å². The molecular weight excluding hydrogens is 841 g/mol. The van der Waals surface area contributed by atoms with E-state index in [0.717, 1.165) is 0 Å². The fourth-order valence-corrected chi connectivity index (χ4v) is 5.62. The van der Waals surface area contributed by atoms with Crippen LogP contribution in [0.25, 0.3) is 11.9 Å². The van der Waals surface area contributed by atoms with Crippen LogP contribution >= 0.6 is 0 Å². The zero-order valence-corrected chi connectivity index (χ0v) is 34.6. The van der Waals surface area contributed by atoms with E-state index in [2.05, 4.69) is 51.2 Å². The van der Waals surface area contributed by atoms with E-state index in [-0.39, 0.29) is 53.5 Å². The minimum absolute atomic E-state index is 0. The smallest absolute Gasteiger partial charge is 0.335 e. The Bertz CT molecular complexity index is 2620. The molecule has 0 amide bonds. The van der Waals surface area contributed by atoms with Gasteiger partial charge in [0.25, 0.3) is 12.7 Å². The van der Waals surface area contributed by atoms with Gasteiger partial charge in [-0.05, 0) is 90.5 Å². The molecule has 328 valence electrons. The van der Waals surface area contributed by atoms with Gasteiger partial charge in [-0.1, -0.05) is 12.1 Å². The average Bonchev–Trinajstić information content (AvgIpc) is 3.92. The van der Waals surface area contributed by atoms with E-state index in [1.54, 1.807) is 82.7 Å². The molecular formula is C43H38N14O8. The summed E-state index contributed by atoms with van der Waals surface area (Å²) < 4.78 is 7.07. The molecule has 8 aromatic rings. The molecule has 65 heavy (non-hydrogen) atoms. The number of aryl methyl sites for hydroxylation is 2. The molecule has 22 nitrogen and oxygen atoms in total. The van der Waals surface area contributed by atoms with Crippen LogP contribution in [0.4, 0.5) is 46.5 Å². The van der Waals surface area contributed by atoms with Gasteiger partial charge >= 0.3 is 29.8 Å². The van der Waals surface area contributed by atoms with Crippen molar-refractivity contribution in [3.8, 4) is 11.9 Å². The molecule has 4 aromatic carbocycles. The van der Waals surface area contributed by atoms with E-state index < -0.39 is 23.9 Å². The lowest BCUT2D eigenvalue weighted by Crippen LogP contribution is -2.23. The predicted octanol–water partition coefficient (Wildman–Crippen LogP) is 3.86. The number of carboxylic acids is 4. The monoisotopic (exact) mass is 878 g/mol. The summed E-state index contributed by atoms with van der Waals surface area (Å²) in [5.41, 5.74) is 2.91. The van der Waals surface area contributed by atoms with Gasteiger partial charge in [-0.15, -0.1) is 0 Å². The molecule has 0 aliphatic carbocycles.